The van der Waals surface area contributed by atoms with Crippen molar-refractivity contribution in [3.05, 3.63) is 45.8 Å². The van der Waals surface area contributed by atoms with Gasteiger partial charge >= 0.3 is 12.1 Å². The van der Waals surface area contributed by atoms with Crippen molar-refractivity contribution >= 4 is 17.6 Å². The van der Waals surface area contributed by atoms with Crippen molar-refractivity contribution in [3.8, 4) is 22.6 Å². The molecule has 1 aliphatic heterocycles. The minimum absolute atomic E-state index is 0.0736. The van der Waals surface area contributed by atoms with Gasteiger partial charge in [0.25, 0.3) is 5.56 Å². The van der Waals surface area contributed by atoms with Gasteiger partial charge in [-0.25, -0.2) is 4.79 Å². The van der Waals surface area contributed by atoms with Gasteiger partial charge in [-0.2, -0.15) is 13.2 Å². The van der Waals surface area contributed by atoms with Gasteiger partial charge in [-0.1, -0.05) is 11.6 Å². The highest BCUT2D eigenvalue weighted by atomic mass is 35.5. The summed E-state index contributed by atoms with van der Waals surface area (Å²) in [4.78, 5) is 24.9. The van der Waals surface area contributed by atoms with Crippen LogP contribution in [0, 0.1) is 0 Å². The van der Waals surface area contributed by atoms with Crippen LogP contribution < -0.4 is 15.0 Å². The van der Waals surface area contributed by atoms with Crippen molar-refractivity contribution < 1.29 is 37.3 Å². The topological polar surface area (TPSA) is 87.0 Å². The standard InChI is InChI=1S/C22H23ClF3NO6/c1-31-19-11-27(17(21(29)30)9-14-4-2-3-7-32-14)20(28)10-16(19)15-8-13(23)5-6-18(15)33-12-22(24,25)26/h5-6,8,10-11,14,17H,2-4,7,9,12H2,1H3,(H,29,30)/t14-,17?/m0/s1. The fourth-order valence-electron chi connectivity index (χ4n) is 3.72. The van der Waals surface area contributed by atoms with E-state index >= 15 is 0 Å². The van der Waals surface area contributed by atoms with Crippen LogP contribution >= 0.6 is 11.6 Å². The molecule has 33 heavy (non-hydrogen) atoms. The summed E-state index contributed by atoms with van der Waals surface area (Å²) in [5.74, 6) is -1.29. The van der Waals surface area contributed by atoms with E-state index in [1.54, 1.807) is 0 Å². The Bertz CT molecular complexity index is 1050. The predicted molar refractivity (Wildman–Crippen MR) is 114 cm³/mol. The molecule has 1 saturated heterocycles. The summed E-state index contributed by atoms with van der Waals surface area (Å²) in [5.41, 5.74) is -0.442. The van der Waals surface area contributed by atoms with Gasteiger partial charge in [-0.3, -0.25) is 9.36 Å². The van der Waals surface area contributed by atoms with Gasteiger partial charge in [0.15, 0.2) is 6.61 Å². The van der Waals surface area contributed by atoms with Crippen LogP contribution in [-0.2, 0) is 9.53 Å². The maximum atomic E-state index is 12.9. The van der Waals surface area contributed by atoms with Crippen LogP contribution in [0.1, 0.15) is 31.7 Å². The van der Waals surface area contributed by atoms with Crippen LogP contribution in [0.15, 0.2) is 35.3 Å². The van der Waals surface area contributed by atoms with Crippen LogP contribution in [0.2, 0.25) is 5.02 Å². The number of hydrogen-bond donors (Lipinski definition) is 1. The summed E-state index contributed by atoms with van der Waals surface area (Å²) >= 11 is 6.03. The molecule has 11 heteroatoms. The minimum atomic E-state index is -4.57. The molecular formula is C22H23ClF3NO6. The van der Waals surface area contributed by atoms with Crippen molar-refractivity contribution in [1.82, 2.24) is 4.57 Å². The molecule has 1 aromatic heterocycles. The fraction of sp³-hybridized carbons (Fsp3) is 0.455. The Labute approximate surface area is 192 Å². The van der Waals surface area contributed by atoms with E-state index in [1.807, 2.05) is 0 Å². The number of alkyl halides is 3. The molecule has 3 rings (SSSR count). The van der Waals surface area contributed by atoms with Crippen molar-refractivity contribution in [2.45, 2.75) is 44.0 Å². The van der Waals surface area contributed by atoms with Crippen molar-refractivity contribution in [2.75, 3.05) is 20.3 Å². The van der Waals surface area contributed by atoms with Gasteiger partial charge < -0.3 is 19.3 Å². The SMILES string of the molecule is COc1cn(C(C[C@@H]2CCCCO2)C(=O)O)c(=O)cc1-c1cc(Cl)ccc1OCC(F)(F)F. The van der Waals surface area contributed by atoms with Crippen molar-refractivity contribution in [2.24, 2.45) is 0 Å². The zero-order valence-electron chi connectivity index (χ0n) is 17.7. The number of carboxylic acid groups (broad SMARTS) is 1. The Hall–Kier alpha value is -2.72. The third-order valence-corrected chi connectivity index (χ3v) is 5.50. The molecule has 2 heterocycles. The lowest BCUT2D eigenvalue weighted by Gasteiger charge is -2.26. The van der Waals surface area contributed by atoms with Gasteiger partial charge in [0.05, 0.1) is 19.4 Å². The lowest BCUT2D eigenvalue weighted by molar-refractivity contribution is -0.153. The molecule has 2 aromatic rings. The Morgan fingerprint density at radius 2 is 2.00 bits per heavy atom. The highest BCUT2D eigenvalue weighted by Crippen LogP contribution is 2.38. The number of halogens is 4. The third-order valence-electron chi connectivity index (χ3n) is 5.27. The average molecular weight is 490 g/mol. The molecule has 1 fully saturated rings. The number of carbonyl (C=O) groups is 1. The first-order chi connectivity index (χ1) is 15.6. The predicted octanol–water partition coefficient (Wildman–Crippen LogP) is 4.70. The van der Waals surface area contributed by atoms with Gasteiger partial charge in [0, 0.05) is 35.2 Å². The first-order valence-corrected chi connectivity index (χ1v) is 10.6. The molecule has 1 aliphatic rings. The molecule has 2 atom stereocenters. The third kappa shape index (κ3) is 6.42. The molecule has 180 valence electrons. The van der Waals surface area contributed by atoms with Crippen LogP contribution in [0.4, 0.5) is 13.2 Å². The highest BCUT2D eigenvalue weighted by molar-refractivity contribution is 6.31. The number of rotatable bonds is 8. The Morgan fingerprint density at radius 1 is 1.27 bits per heavy atom. The summed E-state index contributed by atoms with van der Waals surface area (Å²) in [5, 5.41) is 9.96. The second kappa shape index (κ2) is 10.5. The monoisotopic (exact) mass is 489 g/mol. The zero-order valence-corrected chi connectivity index (χ0v) is 18.5. The van der Waals surface area contributed by atoms with E-state index in [4.69, 9.17) is 25.8 Å². The van der Waals surface area contributed by atoms with Gasteiger partial charge in [0.2, 0.25) is 0 Å². The van der Waals surface area contributed by atoms with Gasteiger partial charge in [0.1, 0.15) is 17.5 Å². The molecule has 0 spiro atoms. The maximum absolute atomic E-state index is 12.9. The number of benzene rings is 1. The molecule has 1 unspecified atom stereocenters. The van der Waals surface area contributed by atoms with Gasteiger partial charge in [-0.05, 0) is 37.5 Å². The summed E-state index contributed by atoms with van der Waals surface area (Å²) in [6.07, 6.45) is -1.05. The summed E-state index contributed by atoms with van der Waals surface area (Å²) in [6, 6.07) is 3.86. The number of carboxylic acids is 1. The molecule has 0 radical (unpaired) electrons. The molecule has 7 nitrogen and oxygen atoms in total. The van der Waals surface area contributed by atoms with E-state index in [1.165, 1.54) is 31.5 Å². The van der Waals surface area contributed by atoms with E-state index in [0.717, 1.165) is 23.5 Å². The second-order valence-electron chi connectivity index (χ2n) is 7.62. The average Bonchev–Trinajstić information content (AvgIpc) is 2.76. The fourth-order valence-corrected chi connectivity index (χ4v) is 3.89. The van der Waals surface area contributed by atoms with E-state index in [9.17, 15) is 27.9 Å². The summed E-state index contributed by atoms with van der Waals surface area (Å²) in [7, 11) is 1.30. The molecule has 0 aliphatic carbocycles. The Morgan fingerprint density at radius 3 is 2.61 bits per heavy atom. The number of aromatic nitrogens is 1. The van der Waals surface area contributed by atoms with E-state index in [-0.39, 0.29) is 40.2 Å². The molecule has 0 bridgehead atoms. The normalized spacial score (nSPS) is 17.4. The van der Waals surface area contributed by atoms with Crippen molar-refractivity contribution in [1.29, 1.82) is 0 Å². The molecule has 1 N–H and O–H groups in total. The van der Waals surface area contributed by atoms with Crippen LogP contribution in [0.5, 0.6) is 11.5 Å². The first kappa shape index (κ1) is 24.9. The number of methoxy groups -OCH3 is 1. The maximum Gasteiger partial charge on any atom is 0.422 e. The summed E-state index contributed by atoms with van der Waals surface area (Å²) < 4.78 is 54.9. The lowest BCUT2D eigenvalue weighted by atomic mass is 10.0. The molecular weight excluding hydrogens is 467 g/mol. The second-order valence-corrected chi connectivity index (χ2v) is 8.06. The number of aliphatic carboxylic acids is 1. The van der Waals surface area contributed by atoms with E-state index in [0.29, 0.717) is 13.0 Å². The van der Waals surface area contributed by atoms with E-state index < -0.39 is 30.4 Å². The quantitative estimate of drug-likeness (QED) is 0.578. The van der Waals surface area contributed by atoms with Crippen LogP contribution in [-0.4, -0.2) is 48.2 Å². The Kier molecular flexibility index (Phi) is 7.91. The zero-order chi connectivity index (χ0) is 24.2. The minimum Gasteiger partial charge on any atom is -0.495 e. The van der Waals surface area contributed by atoms with Crippen LogP contribution in [0.25, 0.3) is 11.1 Å². The summed E-state index contributed by atoms with van der Waals surface area (Å²) in [6.45, 7) is -1.01. The number of ether oxygens (including phenoxy) is 3. The van der Waals surface area contributed by atoms with E-state index in [2.05, 4.69) is 0 Å². The lowest BCUT2D eigenvalue weighted by Crippen LogP contribution is -2.33. The largest absolute Gasteiger partial charge is 0.495 e. The van der Waals surface area contributed by atoms with Gasteiger partial charge in [-0.15, -0.1) is 0 Å². The van der Waals surface area contributed by atoms with Crippen LogP contribution in [0.3, 0.4) is 0 Å². The number of pyridine rings is 1. The molecule has 1 aromatic carbocycles. The van der Waals surface area contributed by atoms with Crippen molar-refractivity contribution in [3.63, 3.8) is 0 Å². The first-order valence-electron chi connectivity index (χ1n) is 10.2. The molecule has 0 amide bonds. The number of nitrogens with zero attached hydrogens (tertiary/aromatic N) is 1. The number of hydrogen-bond acceptors (Lipinski definition) is 5. The smallest absolute Gasteiger partial charge is 0.422 e. The Balaban J connectivity index is 2.02. The molecule has 0 saturated carbocycles. The highest BCUT2D eigenvalue weighted by Gasteiger charge is 2.30.